The minimum atomic E-state index is 0.792. The highest BCUT2D eigenvalue weighted by Crippen LogP contribution is 2.20. The number of rotatable bonds is 1. The summed E-state index contributed by atoms with van der Waals surface area (Å²) in [7, 11) is 0. The van der Waals surface area contributed by atoms with Gasteiger partial charge >= 0.3 is 0 Å². The van der Waals surface area contributed by atoms with Crippen LogP contribution in [0.3, 0.4) is 0 Å². The number of fused-ring (bicyclic) bond motifs is 1. The lowest BCUT2D eigenvalue weighted by atomic mass is 10.3. The molecule has 3 heteroatoms. The minimum Gasteiger partial charge on any atom is -0.311 e. The third kappa shape index (κ3) is 1.42. The molecule has 1 aromatic rings. The largest absolute Gasteiger partial charge is 0.311 e. The molecule has 0 radical (unpaired) electrons. The molecular formula is C12H11N3. The molecule has 0 saturated heterocycles. The second-order valence-corrected chi connectivity index (χ2v) is 3.51. The van der Waals surface area contributed by atoms with Crippen LogP contribution in [-0.4, -0.2) is 17.4 Å². The smallest absolute Gasteiger partial charge is 0.154 e. The molecule has 3 rings (SSSR count). The van der Waals surface area contributed by atoms with Gasteiger partial charge in [0.2, 0.25) is 0 Å². The topological polar surface area (TPSA) is 18.8 Å². The van der Waals surface area contributed by atoms with Crippen molar-refractivity contribution >= 4 is 11.5 Å². The van der Waals surface area contributed by atoms with E-state index in [2.05, 4.69) is 22.1 Å². The van der Waals surface area contributed by atoms with Crippen molar-refractivity contribution in [3.8, 4) is 0 Å². The number of benzene rings is 1. The quantitative estimate of drug-likeness (QED) is 0.687. The fourth-order valence-electron chi connectivity index (χ4n) is 1.72. The van der Waals surface area contributed by atoms with Crippen molar-refractivity contribution in [2.24, 2.45) is 5.10 Å². The molecule has 0 spiro atoms. The predicted molar refractivity (Wildman–Crippen MR) is 61.3 cm³/mol. The summed E-state index contributed by atoms with van der Waals surface area (Å²) >= 11 is 0. The Labute approximate surface area is 88.6 Å². The van der Waals surface area contributed by atoms with Gasteiger partial charge in [0.1, 0.15) is 6.67 Å². The van der Waals surface area contributed by atoms with Crippen LogP contribution in [0, 0.1) is 0 Å². The van der Waals surface area contributed by atoms with E-state index in [1.165, 1.54) is 0 Å². The van der Waals surface area contributed by atoms with E-state index in [1.54, 1.807) is 0 Å². The standard InChI is InChI=1S/C12H11N3/c1-2-6-11(7-3-1)15-10-14-9-5-4-8-12(14)13-15/h1-9H,10H2. The van der Waals surface area contributed by atoms with Gasteiger partial charge in [0.15, 0.2) is 5.84 Å². The number of hydrazone groups is 1. The predicted octanol–water partition coefficient (Wildman–Crippen LogP) is 2.16. The van der Waals surface area contributed by atoms with E-state index in [4.69, 9.17) is 0 Å². The van der Waals surface area contributed by atoms with Crippen molar-refractivity contribution in [2.45, 2.75) is 0 Å². The molecule has 15 heavy (non-hydrogen) atoms. The number of allylic oxidation sites excluding steroid dienone is 2. The van der Waals surface area contributed by atoms with E-state index < -0.39 is 0 Å². The van der Waals surface area contributed by atoms with Crippen LogP contribution in [0.25, 0.3) is 0 Å². The van der Waals surface area contributed by atoms with Gasteiger partial charge in [0.05, 0.1) is 5.69 Å². The first-order valence-corrected chi connectivity index (χ1v) is 4.96. The van der Waals surface area contributed by atoms with Crippen LogP contribution in [0.2, 0.25) is 0 Å². The number of hydrogen-bond donors (Lipinski definition) is 0. The van der Waals surface area contributed by atoms with E-state index in [-0.39, 0.29) is 0 Å². The lowest BCUT2D eigenvalue weighted by Gasteiger charge is -2.17. The van der Waals surface area contributed by atoms with Crippen molar-refractivity contribution in [1.82, 2.24) is 4.90 Å². The van der Waals surface area contributed by atoms with Crippen molar-refractivity contribution in [2.75, 3.05) is 11.7 Å². The van der Waals surface area contributed by atoms with Crippen LogP contribution in [0.1, 0.15) is 0 Å². The van der Waals surface area contributed by atoms with E-state index in [0.717, 1.165) is 18.2 Å². The van der Waals surface area contributed by atoms with Gasteiger partial charge in [-0.25, -0.2) is 5.01 Å². The summed E-state index contributed by atoms with van der Waals surface area (Å²) in [6, 6.07) is 10.2. The van der Waals surface area contributed by atoms with Crippen LogP contribution in [0.5, 0.6) is 0 Å². The van der Waals surface area contributed by atoms with E-state index in [9.17, 15) is 0 Å². The lowest BCUT2D eigenvalue weighted by Crippen LogP contribution is -2.25. The van der Waals surface area contributed by atoms with Gasteiger partial charge in [0, 0.05) is 6.20 Å². The summed E-state index contributed by atoms with van der Waals surface area (Å²) in [5.41, 5.74) is 1.13. The molecule has 0 amide bonds. The van der Waals surface area contributed by atoms with Crippen molar-refractivity contribution in [1.29, 1.82) is 0 Å². The average Bonchev–Trinajstić information content (AvgIpc) is 2.74. The maximum Gasteiger partial charge on any atom is 0.154 e. The number of para-hydroxylation sites is 1. The van der Waals surface area contributed by atoms with E-state index in [1.807, 2.05) is 47.6 Å². The van der Waals surface area contributed by atoms with Crippen LogP contribution in [0.15, 0.2) is 59.9 Å². The molecule has 2 aliphatic rings. The summed E-state index contributed by atoms with van der Waals surface area (Å²) in [4.78, 5) is 2.12. The lowest BCUT2D eigenvalue weighted by molar-refractivity contribution is 0.589. The Hall–Kier alpha value is -2.03. The molecule has 0 aromatic heterocycles. The maximum absolute atomic E-state index is 4.52. The maximum atomic E-state index is 4.52. The molecule has 0 aliphatic carbocycles. The second-order valence-electron chi connectivity index (χ2n) is 3.51. The molecule has 0 bridgehead atoms. The van der Waals surface area contributed by atoms with Gasteiger partial charge in [0.25, 0.3) is 0 Å². The molecule has 2 heterocycles. The monoisotopic (exact) mass is 197 g/mol. The average molecular weight is 197 g/mol. The van der Waals surface area contributed by atoms with Crippen LogP contribution < -0.4 is 5.01 Å². The van der Waals surface area contributed by atoms with Crippen molar-refractivity contribution < 1.29 is 0 Å². The number of amidine groups is 1. The fourth-order valence-corrected chi connectivity index (χ4v) is 1.72. The summed E-state index contributed by atoms with van der Waals surface area (Å²) < 4.78 is 0. The van der Waals surface area contributed by atoms with Crippen LogP contribution in [-0.2, 0) is 0 Å². The Morgan fingerprint density at radius 2 is 1.93 bits per heavy atom. The highest BCUT2D eigenvalue weighted by Gasteiger charge is 2.20. The summed E-state index contributed by atoms with van der Waals surface area (Å²) in [5.74, 6) is 1.00. The first-order chi connectivity index (χ1) is 7.43. The minimum absolute atomic E-state index is 0.792. The third-order valence-electron chi connectivity index (χ3n) is 2.48. The zero-order valence-corrected chi connectivity index (χ0v) is 8.24. The summed E-state index contributed by atoms with van der Waals surface area (Å²) in [6.45, 7) is 0.792. The Bertz CT molecular complexity index is 445. The SMILES string of the molecule is C1=CC2=NN(c3ccccc3)CN2C=C1. The van der Waals surface area contributed by atoms with E-state index >= 15 is 0 Å². The van der Waals surface area contributed by atoms with Crippen molar-refractivity contribution in [3.05, 3.63) is 54.8 Å². The van der Waals surface area contributed by atoms with Crippen LogP contribution in [0.4, 0.5) is 5.69 Å². The second kappa shape index (κ2) is 3.28. The number of hydrogen-bond acceptors (Lipinski definition) is 3. The Morgan fingerprint density at radius 3 is 2.73 bits per heavy atom. The molecular weight excluding hydrogens is 186 g/mol. The Morgan fingerprint density at radius 1 is 1.07 bits per heavy atom. The molecule has 3 nitrogen and oxygen atoms in total. The number of anilines is 1. The normalized spacial score (nSPS) is 18.0. The van der Waals surface area contributed by atoms with Gasteiger partial charge in [-0.2, -0.15) is 5.10 Å². The highest BCUT2D eigenvalue weighted by molar-refractivity contribution is 5.97. The van der Waals surface area contributed by atoms with Gasteiger partial charge < -0.3 is 4.90 Å². The Kier molecular flexibility index (Phi) is 1.81. The van der Waals surface area contributed by atoms with Gasteiger partial charge in [-0.15, -0.1) is 0 Å². The first kappa shape index (κ1) is 8.29. The van der Waals surface area contributed by atoms with Gasteiger partial charge in [-0.05, 0) is 24.3 Å². The molecule has 0 N–H and O–H groups in total. The molecule has 0 atom stereocenters. The zero-order valence-electron chi connectivity index (χ0n) is 8.24. The van der Waals surface area contributed by atoms with Gasteiger partial charge in [-0.1, -0.05) is 24.3 Å². The molecule has 0 unspecified atom stereocenters. The van der Waals surface area contributed by atoms with Gasteiger partial charge in [-0.3, -0.25) is 0 Å². The molecule has 0 saturated carbocycles. The third-order valence-corrected chi connectivity index (χ3v) is 2.48. The van der Waals surface area contributed by atoms with Crippen LogP contribution >= 0.6 is 0 Å². The fraction of sp³-hybridized carbons (Fsp3) is 0.0833. The molecule has 74 valence electrons. The molecule has 0 fully saturated rings. The number of nitrogens with zero attached hydrogens (tertiary/aromatic N) is 3. The molecule has 1 aromatic carbocycles. The van der Waals surface area contributed by atoms with Crippen molar-refractivity contribution in [3.63, 3.8) is 0 Å². The Balaban J connectivity index is 1.91. The van der Waals surface area contributed by atoms with E-state index in [0.29, 0.717) is 0 Å². The molecule has 2 aliphatic heterocycles. The highest BCUT2D eigenvalue weighted by atomic mass is 15.6. The summed E-state index contributed by atoms with van der Waals surface area (Å²) in [5, 5.41) is 6.51. The summed E-state index contributed by atoms with van der Waals surface area (Å²) in [6.07, 6.45) is 8.09. The first-order valence-electron chi connectivity index (χ1n) is 4.96. The zero-order chi connectivity index (χ0) is 10.1.